The largest absolute Gasteiger partial charge is 0.393 e. The van der Waals surface area contributed by atoms with Gasteiger partial charge in [-0.1, -0.05) is 61.5 Å². The Hall–Kier alpha value is -2.17. The standard InChI is InChI=1S/C25H33NO3/c1-4-22(27)15-21(14-18-10-6-5-7-11-18)24(28)26-25(2,3)29-23-16-19-12-8-9-13-20(19)17-23/h5-13,21-23,27H,4,14-17H2,1-3H3,(H,26,28)/t21-,22-/m1/s1. The molecule has 2 atom stereocenters. The van der Waals surface area contributed by atoms with Gasteiger partial charge in [0.2, 0.25) is 5.91 Å². The molecule has 0 bridgehead atoms. The van der Waals surface area contributed by atoms with E-state index < -0.39 is 11.8 Å². The summed E-state index contributed by atoms with van der Waals surface area (Å²) in [6, 6.07) is 18.4. The molecule has 156 valence electrons. The molecule has 2 aromatic carbocycles. The summed E-state index contributed by atoms with van der Waals surface area (Å²) in [4.78, 5) is 13.1. The highest BCUT2D eigenvalue weighted by molar-refractivity contribution is 5.79. The first kappa shape index (κ1) is 21.5. The molecule has 1 amide bonds. The monoisotopic (exact) mass is 395 g/mol. The van der Waals surface area contributed by atoms with Crippen LogP contribution < -0.4 is 5.32 Å². The van der Waals surface area contributed by atoms with Crippen molar-refractivity contribution in [1.82, 2.24) is 5.32 Å². The number of nitrogens with one attached hydrogen (secondary N) is 1. The fourth-order valence-corrected chi connectivity index (χ4v) is 4.12. The van der Waals surface area contributed by atoms with Gasteiger partial charge in [-0.2, -0.15) is 0 Å². The summed E-state index contributed by atoms with van der Waals surface area (Å²) < 4.78 is 6.29. The lowest BCUT2D eigenvalue weighted by molar-refractivity contribution is -0.141. The summed E-state index contributed by atoms with van der Waals surface area (Å²) in [5.41, 5.74) is 2.98. The average molecular weight is 396 g/mol. The number of hydrogen-bond acceptors (Lipinski definition) is 3. The van der Waals surface area contributed by atoms with E-state index in [0.29, 0.717) is 19.3 Å². The number of benzene rings is 2. The molecule has 0 heterocycles. The smallest absolute Gasteiger partial charge is 0.225 e. The second-order valence-corrected chi connectivity index (χ2v) is 8.60. The van der Waals surface area contributed by atoms with Crippen LogP contribution in [0.3, 0.4) is 0 Å². The minimum atomic E-state index is -0.768. The third-order valence-electron chi connectivity index (χ3n) is 5.62. The fraction of sp³-hybridized carbons (Fsp3) is 0.480. The number of carbonyl (C=O) groups excluding carboxylic acids is 1. The molecule has 0 saturated heterocycles. The number of rotatable bonds is 9. The Kier molecular flexibility index (Phi) is 7.09. The number of fused-ring (bicyclic) bond motifs is 1. The van der Waals surface area contributed by atoms with Crippen LogP contribution in [0.15, 0.2) is 54.6 Å². The van der Waals surface area contributed by atoms with E-state index >= 15 is 0 Å². The summed E-state index contributed by atoms with van der Waals surface area (Å²) in [6.45, 7) is 5.75. The molecule has 3 rings (SSSR count). The predicted octanol–water partition coefficient (Wildman–Crippen LogP) is 4.04. The van der Waals surface area contributed by atoms with Gasteiger partial charge in [-0.3, -0.25) is 4.79 Å². The highest BCUT2D eigenvalue weighted by Gasteiger charge is 2.32. The minimum Gasteiger partial charge on any atom is -0.393 e. The van der Waals surface area contributed by atoms with Crippen LogP contribution in [0.25, 0.3) is 0 Å². The lowest BCUT2D eigenvalue weighted by atomic mass is 9.91. The van der Waals surface area contributed by atoms with Crippen LogP contribution in [0.1, 0.15) is 50.3 Å². The lowest BCUT2D eigenvalue weighted by Gasteiger charge is -2.32. The highest BCUT2D eigenvalue weighted by atomic mass is 16.5. The van der Waals surface area contributed by atoms with Crippen LogP contribution in [-0.2, 0) is 28.8 Å². The maximum Gasteiger partial charge on any atom is 0.225 e. The van der Waals surface area contributed by atoms with Gasteiger partial charge in [0.05, 0.1) is 12.2 Å². The van der Waals surface area contributed by atoms with Crippen molar-refractivity contribution in [2.75, 3.05) is 0 Å². The molecule has 29 heavy (non-hydrogen) atoms. The van der Waals surface area contributed by atoms with Gasteiger partial charge in [-0.05, 0) is 62.6 Å². The first-order valence-corrected chi connectivity index (χ1v) is 10.6. The Balaban J connectivity index is 1.62. The fourth-order valence-electron chi connectivity index (χ4n) is 4.12. The normalized spacial score (nSPS) is 16.3. The van der Waals surface area contributed by atoms with E-state index in [1.54, 1.807) is 0 Å². The Morgan fingerprint density at radius 1 is 1.10 bits per heavy atom. The molecule has 0 spiro atoms. The summed E-state index contributed by atoms with van der Waals surface area (Å²) in [5, 5.41) is 13.3. The van der Waals surface area contributed by atoms with Crippen molar-refractivity contribution in [3.8, 4) is 0 Å². The molecule has 0 saturated carbocycles. The van der Waals surface area contributed by atoms with Crippen molar-refractivity contribution < 1.29 is 14.6 Å². The van der Waals surface area contributed by atoms with Crippen molar-refractivity contribution >= 4 is 5.91 Å². The first-order chi connectivity index (χ1) is 13.9. The number of hydrogen-bond donors (Lipinski definition) is 2. The van der Waals surface area contributed by atoms with E-state index in [-0.39, 0.29) is 17.9 Å². The minimum absolute atomic E-state index is 0.0662. The molecule has 4 nitrogen and oxygen atoms in total. The van der Waals surface area contributed by atoms with Gasteiger partial charge in [0.1, 0.15) is 5.72 Å². The van der Waals surface area contributed by atoms with Crippen molar-refractivity contribution in [3.05, 3.63) is 71.3 Å². The van der Waals surface area contributed by atoms with Crippen molar-refractivity contribution in [2.24, 2.45) is 5.92 Å². The first-order valence-electron chi connectivity index (χ1n) is 10.6. The number of amides is 1. The summed E-state index contributed by atoms with van der Waals surface area (Å²) >= 11 is 0. The van der Waals surface area contributed by atoms with Crippen LogP contribution in [-0.4, -0.2) is 28.9 Å². The van der Waals surface area contributed by atoms with Gasteiger partial charge in [-0.25, -0.2) is 0 Å². The number of aliphatic hydroxyl groups excluding tert-OH is 1. The van der Waals surface area contributed by atoms with Gasteiger partial charge in [0.25, 0.3) is 0 Å². The van der Waals surface area contributed by atoms with E-state index in [0.717, 1.165) is 18.4 Å². The third-order valence-corrected chi connectivity index (χ3v) is 5.62. The average Bonchev–Trinajstić information content (AvgIpc) is 3.09. The van der Waals surface area contributed by atoms with Gasteiger partial charge < -0.3 is 15.2 Å². The third kappa shape index (κ3) is 6.15. The van der Waals surface area contributed by atoms with Crippen LogP contribution in [0.4, 0.5) is 0 Å². The van der Waals surface area contributed by atoms with Gasteiger partial charge in [0, 0.05) is 5.92 Å². The molecule has 4 heteroatoms. The Labute approximate surface area is 174 Å². The topological polar surface area (TPSA) is 58.6 Å². The number of ether oxygens (including phenoxy) is 1. The second kappa shape index (κ2) is 9.55. The molecule has 0 radical (unpaired) electrons. The molecule has 2 aromatic rings. The lowest BCUT2D eigenvalue weighted by Crippen LogP contribution is -2.50. The Bertz CT molecular complexity index is 778. The van der Waals surface area contributed by atoms with Gasteiger partial charge in [0.15, 0.2) is 0 Å². The van der Waals surface area contributed by atoms with Crippen LogP contribution >= 0.6 is 0 Å². The van der Waals surface area contributed by atoms with Crippen molar-refractivity contribution in [1.29, 1.82) is 0 Å². The Morgan fingerprint density at radius 2 is 1.69 bits per heavy atom. The predicted molar refractivity (Wildman–Crippen MR) is 115 cm³/mol. The van der Waals surface area contributed by atoms with Crippen molar-refractivity contribution in [2.45, 2.75) is 70.8 Å². The van der Waals surface area contributed by atoms with Gasteiger partial charge >= 0.3 is 0 Å². The zero-order chi connectivity index (χ0) is 20.9. The Morgan fingerprint density at radius 3 is 2.28 bits per heavy atom. The highest BCUT2D eigenvalue weighted by Crippen LogP contribution is 2.27. The number of aliphatic hydroxyl groups is 1. The van der Waals surface area contributed by atoms with E-state index in [1.807, 2.05) is 51.1 Å². The molecule has 1 aliphatic carbocycles. The van der Waals surface area contributed by atoms with Crippen LogP contribution in [0.5, 0.6) is 0 Å². The van der Waals surface area contributed by atoms with E-state index in [1.165, 1.54) is 11.1 Å². The van der Waals surface area contributed by atoms with Gasteiger partial charge in [-0.15, -0.1) is 0 Å². The van der Waals surface area contributed by atoms with Crippen molar-refractivity contribution in [3.63, 3.8) is 0 Å². The summed E-state index contributed by atoms with van der Waals surface area (Å²) in [7, 11) is 0. The zero-order valence-corrected chi connectivity index (χ0v) is 17.7. The molecule has 1 aliphatic rings. The molecule has 2 N–H and O–H groups in total. The molecular formula is C25H33NO3. The molecular weight excluding hydrogens is 362 g/mol. The molecule has 0 unspecified atom stereocenters. The molecule has 0 aliphatic heterocycles. The molecule has 0 fully saturated rings. The SMILES string of the molecule is CC[C@@H](O)C[C@@H](Cc1ccccc1)C(=O)NC(C)(C)OC1Cc2ccccc2C1. The quantitative estimate of drug-likeness (QED) is 0.630. The maximum absolute atomic E-state index is 13.1. The number of carbonyl (C=O) groups is 1. The van der Waals surface area contributed by atoms with E-state index in [9.17, 15) is 9.90 Å². The maximum atomic E-state index is 13.1. The van der Waals surface area contributed by atoms with Crippen LogP contribution in [0, 0.1) is 5.92 Å². The zero-order valence-electron chi connectivity index (χ0n) is 17.7. The van der Waals surface area contributed by atoms with E-state index in [2.05, 4.69) is 29.6 Å². The van der Waals surface area contributed by atoms with E-state index in [4.69, 9.17) is 4.74 Å². The van der Waals surface area contributed by atoms with Crippen LogP contribution in [0.2, 0.25) is 0 Å². The molecule has 0 aromatic heterocycles. The second-order valence-electron chi connectivity index (χ2n) is 8.60. The summed E-state index contributed by atoms with van der Waals surface area (Å²) in [5.74, 6) is -0.363. The summed E-state index contributed by atoms with van der Waals surface area (Å²) in [6.07, 6.45) is 3.02.